The van der Waals surface area contributed by atoms with E-state index in [1.165, 1.54) is 0 Å². The predicted octanol–water partition coefficient (Wildman–Crippen LogP) is 1.14. The lowest BCUT2D eigenvalue weighted by Gasteiger charge is -2.09. The van der Waals surface area contributed by atoms with Gasteiger partial charge in [0, 0.05) is 5.02 Å². The maximum atomic E-state index is 8.87. The van der Waals surface area contributed by atoms with Crippen molar-refractivity contribution in [3.8, 4) is 0 Å². The Morgan fingerprint density at radius 1 is 1.31 bits per heavy atom. The average Bonchev–Trinajstić information content (AvgIpc) is 2.03. The van der Waals surface area contributed by atoms with Gasteiger partial charge in [-0.2, -0.15) is 0 Å². The Morgan fingerprint density at radius 3 is 2.31 bits per heavy atom. The fraction of sp³-hybridized carbons (Fsp3) is 0.333. The molecular weight excluding hydrogens is 186 g/mol. The number of rotatable bonds is 2. The van der Waals surface area contributed by atoms with Crippen LogP contribution in [0.25, 0.3) is 0 Å². The largest absolute Gasteiger partial charge is 0.488 e. The van der Waals surface area contributed by atoms with Crippen molar-refractivity contribution in [2.24, 2.45) is 0 Å². The zero-order valence-corrected chi connectivity index (χ0v) is 8.42. The molecule has 0 saturated carbocycles. The fourth-order valence-corrected chi connectivity index (χ4v) is 1.58. The molecule has 1 rings (SSSR count). The van der Waals surface area contributed by atoms with Gasteiger partial charge in [0.1, 0.15) is 0 Å². The van der Waals surface area contributed by atoms with E-state index >= 15 is 0 Å². The van der Waals surface area contributed by atoms with Crippen molar-refractivity contribution in [2.75, 3.05) is 0 Å². The van der Waals surface area contributed by atoms with Crippen LogP contribution in [0, 0.1) is 0 Å². The molecule has 13 heavy (non-hydrogen) atoms. The first-order chi connectivity index (χ1) is 6.02. The summed E-state index contributed by atoms with van der Waals surface area (Å²) in [6, 6.07) is 5.08. The quantitative estimate of drug-likeness (QED) is 0.700. The van der Waals surface area contributed by atoms with Crippen molar-refractivity contribution in [3.05, 3.63) is 28.8 Å². The molecule has 0 heterocycles. The number of benzene rings is 1. The molecule has 0 saturated heterocycles. The minimum absolute atomic E-state index is 0.345. The Bertz CT molecular complexity index is 300. The molecule has 0 aromatic heterocycles. The molecule has 4 heteroatoms. The van der Waals surface area contributed by atoms with E-state index in [-0.39, 0.29) is 0 Å². The van der Waals surface area contributed by atoms with Gasteiger partial charge in [0.15, 0.2) is 0 Å². The topological polar surface area (TPSA) is 40.5 Å². The van der Waals surface area contributed by atoms with Crippen molar-refractivity contribution in [2.45, 2.75) is 19.8 Å². The maximum absolute atomic E-state index is 8.87. The molecule has 0 radical (unpaired) electrons. The van der Waals surface area contributed by atoms with E-state index in [1.807, 2.05) is 19.9 Å². The average molecular weight is 198 g/mol. The molecule has 1 aromatic carbocycles. The summed E-state index contributed by atoms with van der Waals surface area (Å²) in [4.78, 5) is 0. The molecule has 1 aromatic rings. The molecule has 0 aliphatic heterocycles. The molecular formula is C9H12BClO2. The standard InChI is InChI=1S/C9H12BClO2/c1-6(2)8-4-3-7(10(12)13)5-9(8)11/h3-6,12-13H,1-2H3. The zero-order valence-electron chi connectivity index (χ0n) is 7.66. The van der Waals surface area contributed by atoms with Crippen molar-refractivity contribution in [1.82, 2.24) is 0 Å². The summed E-state index contributed by atoms with van der Waals surface area (Å²) in [6.07, 6.45) is 0. The van der Waals surface area contributed by atoms with Crippen LogP contribution in [0.4, 0.5) is 0 Å². The van der Waals surface area contributed by atoms with E-state index in [1.54, 1.807) is 12.1 Å². The highest BCUT2D eigenvalue weighted by Gasteiger charge is 2.13. The molecule has 2 nitrogen and oxygen atoms in total. The van der Waals surface area contributed by atoms with E-state index in [4.69, 9.17) is 21.6 Å². The highest BCUT2D eigenvalue weighted by molar-refractivity contribution is 6.59. The van der Waals surface area contributed by atoms with Crippen molar-refractivity contribution >= 4 is 24.2 Å². The Kier molecular flexibility index (Phi) is 3.36. The van der Waals surface area contributed by atoms with Gasteiger partial charge in [0.25, 0.3) is 0 Å². The summed E-state index contributed by atoms with van der Waals surface area (Å²) in [7, 11) is -1.45. The van der Waals surface area contributed by atoms with Crippen LogP contribution < -0.4 is 5.46 Å². The van der Waals surface area contributed by atoms with Crippen LogP contribution in [0.15, 0.2) is 18.2 Å². The number of hydrogen-bond donors (Lipinski definition) is 2. The summed E-state index contributed by atoms with van der Waals surface area (Å²) in [5.41, 5.74) is 1.44. The van der Waals surface area contributed by atoms with E-state index < -0.39 is 7.12 Å². The summed E-state index contributed by atoms with van der Waals surface area (Å²) in [6.45, 7) is 4.08. The SMILES string of the molecule is CC(C)c1ccc(B(O)O)cc1Cl. The van der Waals surface area contributed by atoms with Gasteiger partial charge in [-0.15, -0.1) is 0 Å². The van der Waals surface area contributed by atoms with Crippen molar-refractivity contribution < 1.29 is 10.0 Å². The molecule has 0 spiro atoms. The van der Waals surface area contributed by atoms with Gasteiger partial charge in [-0.1, -0.05) is 37.6 Å². The lowest BCUT2D eigenvalue weighted by molar-refractivity contribution is 0.426. The minimum Gasteiger partial charge on any atom is -0.423 e. The molecule has 0 bridgehead atoms. The zero-order chi connectivity index (χ0) is 10.0. The van der Waals surface area contributed by atoms with Crippen LogP contribution in [0.3, 0.4) is 0 Å². The van der Waals surface area contributed by atoms with Crippen LogP contribution in [-0.2, 0) is 0 Å². The van der Waals surface area contributed by atoms with Gasteiger partial charge in [0.2, 0.25) is 0 Å². The van der Waals surface area contributed by atoms with Crippen molar-refractivity contribution in [1.29, 1.82) is 0 Å². The normalized spacial score (nSPS) is 10.6. The van der Waals surface area contributed by atoms with Crippen LogP contribution in [0.1, 0.15) is 25.3 Å². The first-order valence-electron chi connectivity index (χ1n) is 4.18. The highest BCUT2D eigenvalue weighted by atomic mass is 35.5. The summed E-state index contributed by atoms with van der Waals surface area (Å²) >= 11 is 5.95. The van der Waals surface area contributed by atoms with Crippen LogP contribution in [-0.4, -0.2) is 17.2 Å². The van der Waals surface area contributed by atoms with Gasteiger partial charge >= 0.3 is 7.12 Å². The summed E-state index contributed by atoms with van der Waals surface area (Å²) in [5, 5.41) is 18.3. The van der Waals surface area contributed by atoms with Crippen LogP contribution >= 0.6 is 11.6 Å². The molecule has 0 amide bonds. The Balaban J connectivity index is 3.06. The molecule has 0 unspecified atom stereocenters. The second-order valence-corrected chi connectivity index (χ2v) is 3.72. The predicted molar refractivity (Wildman–Crippen MR) is 55.4 cm³/mol. The van der Waals surface area contributed by atoms with Crippen LogP contribution in [0.2, 0.25) is 5.02 Å². The first-order valence-corrected chi connectivity index (χ1v) is 4.55. The van der Waals surface area contributed by atoms with E-state index in [0.717, 1.165) is 5.56 Å². The summed E-state index contributed by atoms with van der Waals surface area (Å²) < 4.78 is 0. The summed E-state index contributed by atoms with van der Waals surface area (Å²) in [5.74, 6) is 0.345. The Labute approximate surface area is 83.3 Å². The minimum atomic E-state index is -1.45. The second kappa shape index (κ2) is 4.14. The second-order valence-electron chi connectivity index (χ2n) is 3.31. The molecule has 70 valence electrons. The maximum Gasteiger partial charge on any atom is 0.488 e. The third-order valence-corrected chi connectivity index (χ3v) is 2.27. The molecule has 0 atom stereocenters. The van der Waals surface area contributed by atoms with Gasteiger partial charge < -0.3 is 10.0 Å². The molecule has 2 N–H and O–H groups in total. The van der Waals surface area contributed by atoms with Gasteiger partial charge in [0.05, 0.1) is 0 Å². The monoisotopic (exact) mass is 198 g/mol. The lowest BCUT2D eigenvalue weighted by Crippen LogP contribution is -2.29. The van der Waals surface area contributed by atoms with E-state index in [0.29, 0.717) is 16.4 Å². The van der Waals surface area contributed by atoms with Crippen LogP contribution in [0.5, 0.6) is 0 Å². The number of hydrogen-bond acceptors (Lipinski definition) is 2. The number of halogens is 1. The third-order valence-electron chi connectivity index (χ3n) is 1.94. The molecule has 0 fully saturated rings. The smallest absolute Gasteiger partial charge is 0.423 e. The molecule has 0 aliphatic rings. The van der Waals surface area contributed by atoms with Gasteiger partial charge in [-0.25, -0.2) is 0 Å². The van der Waals surface area contributed by atoms with E-state index in [2.05, 4.69) is 0 Å². The fourth-order valence-electron chi connectivity index (χ4n) is 1.17. The Morgan fingerprint density at radius 2 is 1.92 bits per heavy atom. The van der Waals surface area contributed by atoms with Gasteiger partial charge in [-0.05, 0) is 23.0 Å². The lowest BCUT2D eigenvalue weighted by atomic mass is 9.79. The van der Waals surface area contributed by atoms with Gasteiger partial charge in [-0.3, -0.25) is 0 Å². The molecule has 0 aliphatic carbocycles. The van der Waals surface area contributed by atoms with E-state index in [9.17, 15) is 0 Å². The Hall–Kier alpha value is -0.505. The third kappa shape index (κ3) is 2.47. The first kappa shape index (κ1) is 10.6. The highest BCUT2D eigenvalue weighted by Crippen LogP contribution is 2.22. The van der Waals surface area contributed by atoms with Crippen molar-refractivity contribution in [3.63, 3.8) is 0 Å².